The zero-order valence-electron chi connectivity index (χ0n) is 9.03. The summed E-state index contributed by atoms with van der Waals surface area (Å²) >= 11 is -0.232. The Morgan fingerprint density at radius 3 is 2.67 bits per heavy atom. The largest absolute Gasteiger partial charge is 0.492 e. The summed E-state index contributed by atoms with van der Waals surface area (Å²) in [5.74, 6) is -1.59. The maximum Gasteiger partial charge on any atom is 0.441 e. The highest BCUT2D eigenvalue weighted by molar-refractivity contribution is 8.00. The molecule has 0 aliphatic carbocycles. The molecule has 0 atom stereocenters. The topological polar surface area (TPSA) is 72.6 Å². The molecular formula is C10H10F3NO3S. The lowest BCUT2D eigenvalue weighted by molar-refractivity contribution is -0.0329. The predicted molar refractivity (Wildman–Crippen MR) is 61.8 cm³/mol. The smallest absolute Gasteiger partial charge is 0.441 e. The summed E-state index contributed by atoms with van der Waals surface area (Å²) in [4.78, 5) is 10.8. The number of thioether (sulfide) groups is 1. The van der Waals surface area contributed by atoms with E-state index >= 15 is 0 Å². The molecule has 8 heteroatoms. The number of benzene rings is 1. The van der Waals surface area contributed by atoms with E-state index in [1.165, 1.54) is 18.2 Å². The number of carbonyl (C=O) groups is 1. The van der Waals surface area contributed by atoms with Crippen LogP contribution in [0.2, 0.25) is 0 Å². The van der Waals surface area contributed by atoms with Crippen LogP contribution >= 0.6 is 11.8 Å². The molecule has 0 fully saturated rings. The molecule has 0 saturated carbocycles. The van der Waals surface area contributed by atoms with Crippen LogP contribution in [0.15, 0.2) is 18.2 Å². The van der Waals surface area contributed by atoms with Gasteiger partial charge in [-0.25, -0.2) is 4.79 Å². The third-order valence-corrected chi connectivity index (χ3v) is 2.54. The Hall–Kier alpha value is -1.57. The molecule has 0 aliphatic rings. The average molecular weight is 281 g/mol. The van der Waals surface area contributed by atoms with Crippen molar-refractivity contribution in [2.45, 2.75) is 5.51 Å². The summed E-state index contributed by atoms with van der Waals surface area (Å²) in [6, 6.07) is 3.88. The second kappa shape index (κ2) is 5.85. The summed E-state index contributed by atoms with van der Waals surface area (Å²) in [6.07, 6.45) is 0. The third-order valence-electron chi connectivity index (χ3n) is 1.84. The van der Waals surface area contributed by atoms with Crippen LogP contribution in [0.4, 0.5) is 18.9 Å². The summed E-state index contributed by atoms with van der Waals surface area (Å²) in [5, 5.41) is 8.84. The monoisotopic (exact) mass is 281 g/mol. The molecule has 100 valence electrons. The molecule has 0 spiro atoms. The summed E-state index contributed by atoms with van der Waals surface area (Å²) in [5.41, 5.74) is 1.26. The number of halogens is 3. The minimum atomic E-state index is -4.32. The highest BCUT2D eigenvalue weighted by atomic mass is 32.2. The number of hydrogen-bond donors (Lipinski definition) is 2. The van der Waals surface area contributed by atoms with Gasteiger partial charge in [-0.15, -0.1) is 0 Å². The van der Waals surface area contributed by atoms with Crippen molar-refractivity contribution < 1.29 is 27.8 Å². The first kappa shape index (κ1) is 14.5. The molecule has 0 radical (unpaired) electrons. The van der Waals surface area contributed by atoms with E-state index in [1.807, 2.05) is 0 Å². The Balaban J connectivity index is 2.61. The maximum atomic E-state index is 11.8. The van der Waals surface area contributed by atoms with Gasteiger partial charge in [-0.1, -0.05) is 0 Å². The Labute approximate surface area is 105 Å². The molecule has 0 unspecified atom stereocenters. The van der Waals surface area contributed by atoms with Gasteiger partial charge in [0.1, 0.15) is 11.3 Å². The van der Waals surface area contributed by atoms with Gasteiger partial charge < -0.3 is 15.6 Å². The van der Waals surface area contributed by atoms with Gasteiger partial charge in [-0.3, -0.25) is 0 Å². The summed E-state index contributed by atoms with van der Waals surface area (Å²) in [7, 11) is 0. The van der Waals surface area contributed by atoms with Crippen molar-refractivity contribution in [1.82, 2.24) is 0 Å². The zero-order chi connectivity index (χ0) is 13.8. The van der Waals surface area contributed by atoms with Crippen molar-refractivity contribution in [2.24, 2.45) is 0 Å². The van der Waals surface area contributed by atoms with Gasteiger partial charge in [0.25, 0.3) is 0 Å². The molecule has 0 heterocycles. The van der Waals surface area contributed by atoms with Crippen LogP contribution in [-0.2, 0) is 0 Å². The summed E-state index contributed by atoms with van der Waals surface area (Å²) < 4.78 is 40.5. The molecule has 1 aromatic carbocycles. The fraction of sp³-hybridized carbons (Fsp3) is 0.300. The van der Waals surface area contributed by atoms with Crippen molar-refractivity contribution >= 4 is 23.4 Å². The van der Waals surface area contributed by atoms with Crippen molar-refractivity contribution in [3.63, 3.8) is 0 Å². The number of alkyl halides is 3. The number of nitrogens with two attached hydrogens (primary N) is 1. The average Bonchev–Trinajstić information content (AvgIpc) is 2.22. The van der Waals surface area contributed by atoms with E-state index in [2.05, 4.69) is 0 Å². The number of hydrogen-bond acceptors (Lipinski definition) is 4. The highest BCUT2D eigenvalue weighted by Crippen LogP contribution is 2.30. The van der Waals surface area contributed by atoms with Crippen LogP contribution in [0, 0.1) is 0 Å². The Kier molecular flexibility index (Phi) is 4.71. The van der Waals surface area contributed by atoms with Crippen LogP contribution in [0.3, 0.4) is 0 Å². The summed E-state index contributed by atoms with van der Waals surface area (Å²) in [6.45, 7) is -0.256. The van der Waals surface area contributed by atoms with Crippen molar-refractivity contribution in [3.05, 3.63) is 23.8 Å². The van der Waals surface area contributed by atoms with Gasteiger partial charge in [-0.2, -0.15) is 13.2 Å². The first-order valence-electron chi connectivity index (χ1n) is 4.76. The second-order valence-electron chi connectivity index (χ2n) is 3.20. The van der Waals surface area contributed by atoms with Crippen LogP contribution in [-0.4, -0.2) is 28.9 Å². The molecular weight excluding hydrogens is 271 g/mol. The predicted octanol–water partition coefficient (Wildman–Crippen LogP) is 2.60. The Bertz CT molecular complexity index is 437. The molecule has 0 aliphatic heterocycles. The van der Waals surface area contributed by atoms with E-state index in [1.54, 1.807) is 0 Å². The molecule has 0 amide bonds. The van der Waals surface area contributed by atoms with Gasteiger partial charge in [-0.05, 0) is 23.9 Å². The molecule has 18 heavy (non-hydrogen) atoms. The van der Waals surface area contributed by atoms with E-state index < -0.39 is 11.5 Å². The number of ether oxygens (including phenoxy) is 1. The molecule has 0 aromatic heterocycles. The van der Waals surface area contributed by atoms with E-state index in [4.69, 9.17) is 15.6 Å². The SMILES string of the molecule is Nc1ccc(C(=O)O)c(OCCSC(F)(F)F)c1. The van der Waals surface area contributed by atoms with Crippen LogP contribution in [0.5, 0.6) is 5.75 Å². The highest BCUT2D eigenvalue weighted by Gasteiger charge is 2.27. The molecule has 1 rings (SSSR count). The van der Waals surface area contributed by atoms with E-state index in [-0.39, 0.29) is 41.1 Å². The fourth-order valence-electron chi connectivity index (χ4n) is 1.14. The van der Waals surface area contributed by atoms with Gasteiger partial charge in [0.15, 0.2) is 0 Å². The number of carboxylic acids is 1. The standard InChI is InChI=1S/C10H10F3NO3S/c11-10(12,13)18-4-3-17-8-5-6(14)1-2-7(8)9(15)16/h1-2,5H,3-4,14H2,(H,15,16). The molecule has 1 aromatic rings. The van der Waals surface area contributed by atoms with Crippen molar-refractivity contribution in [1.29, 1.82) is 0 Å². The number of carboxylic acid groups (broad SMARTS) is 1. The van der Waals surface area contributed by atoms with E-state index in [0.29, 0.717) is 0 Å². The minimum Gasteiger partial charge on any atom is -0.492 e. The quantitative estimate of drug-likeness (QED) is 0.641. The number of nitrogen functional groups attached to an aromatic ring is 1. The fourth-order valence-corrected chi connectivity index (χ4v) is 1.54. The Morgan fingerprint density at radius 1 is 1.44 bits per heavy atom. The third kappa shape index (κ3) is 4.74. The van der Waals surface area contributed by atoms with Crippen LogP contribution in [0.1, 0.15) is 10.4 Å². The molecule has 0 saturated heterocycles. The van der Waals surface area contributed by atoms with E-state index in [9.17, 15) is 18.0 Å². The first-order chi connectivity index (χ1) is 8.29. The van der Waals surface area contributed by atoms with Crippen LogP contribution < -0.4 is 10.5 Å². The van der Waals surface area contributed by atoms with Crippen molar-refractivity contribution in [3.8, 4) is 5.75 Å². The lowest BCUT2D eigenvalue weighted by atomic mass is 10.2. The molecule has 4 nitrogen and oxygen atoms in total. The van der Waals surface area contributed by atoms with Gasteiger partial charge in [0, 0.05) is 17.5 Å². The van der Waals surface area contributed by atoms with E-state index in [0.717, 1.165) is 0 Å². The minimum absolute atomic E-state index is 0.0368. The first-order valence-corrected chi connectivity index (χ1v) is 5.74. The maximum absolute atomic E-state index is 11.8. The van der Waals surface area contributed by atoms with Gasteiger partial charge in [0.05, 0.1) is 6.61 Å². The van der Waals surface area contributed by atoms with Crippen molar-refractivity contribution in [2.75, 3.05) is 18.1 Å². The lowest BCUT2D eigenvalue weighted by Gasteiger charge is -2.10. The molecule has 3 N–H and O–H groups in total. The normalized spacial score (nSPS) is 11.3. The Morgan fingerprint density at radius 2 is 2.11 bits per heavy atom. The van der Waals surface area contributed by atoms with Crippen LogP contribution in [0.25, 0.3) is 0 Å². The number of rotatable bonds is 5. The second-order valence-corrected chi connectivity index (χ2v) is 4.36. The molecule has 0 bridgehead atoms. The number of anilines is 1. The van der Waals surface area contributed by atoms with Gasteiger partial charge in [0.2, 0.25) is 0 Å². The number of aromatic carboxylic acids is 1. The van der Waals surface area contributed by atoms with Gasteiger partial charge >= 0.3 is 11.5 Å². The zero-order valence-corrected chi connectivity index (χ0v) is 9.85. The lowest BCUT2D eigenvalue weighted by Crippen LogP contribution is -2.10.